The van der Waals surface area contributed by atoms with Crippen LogP contribution in [0.1, 0.15) is 20.8 Å². The van der Waals surface area contributed by atoms with E-state index in [2.05, 4.69) is 4.72 Å². The normalized spacial score (nSPS) is 13.5. The van der Waals surface area contributed by atoms with Gasteiger partial charge in [-0.2, -0.15) is 0 Å². The second-order valence-electron chi connectivity index (χ2n) is 4.35. The molecule has 0 amide bonds. The molecule has 106 valence electrons. The second kappa shape index (κ2) is 6.40. The number of carboxylic acids is 1. The molecule has 1 aromatic rings. The Kier molecular flexibility index (Phi) is 5.39. The predicted molar refractivity (Wildman–Crippen MR) is 74.9 cm³/mol. The molecule has 2 N–H and O–H groups in total. The van der Waals surface area contributed by atoms with Crippen molar-refractivity contribution in [2.75, 3.05) is 0 Å². The molecule has 1 rings (SSSR count). The van der Waals surface area contributed by atoms with Gasteiger partial charge in [-0.3, -0.25) is 4.79 Å². The number of sulfonamides is 1. The first-order valence-electron chi connectivity index (χ1n) is 5.74. The Bertz CT molecular complexity index is 537. The number of benzene rings is 1. The molecule has 1 unspecified atom stereocenters. The van der Waals surface area contributed by atoms with Crippen molar-refractivity contribution in [1.82, 2.24) is 4.72 Å². The molecule has 7 heteroatoms. The summed E-state index contributed by atoms with van der Waals surface area (Å²) >= 11 is 1.17. The summed E-state index contributed by atoms with van der Waals surface area (Å²) in [5, 5.41) is 8.23. The highest BCUT2D eigenvalue weighted by Gasteiger charge is 2.16. The summed E-state index contributed by atoms with van der Waals surface area (Å²) in [6, 6.07) is 5.99. The van der Waals surface area contributed by atoms with E-state index in [-0.39, 0.29) is 10.9 Å². The molecule has 19 heavy (non-hydrogen) atoms. The number of aliphatic carboxylic acids is 1. The fraction of sp³-hybridized carbons (Fsp3) is 0.417. The Morgan fingerprint density at radius 2 is 1.74 bits per heavy atom. The summed E-state index contributed by atoms with van der Waals surface area (Å²) in [4.78, 5) is 11.6. The second-order valence-corrected chi connectivity index (χ2v) is 7.47. The molecule has 1 atom stereocenters. The Morgan fingerprint density at radius 1 is 1.21 bits per heavy atom. The molecular weight excluding hydrogens is 286 g/mol. The molecule has 1 aromatic carbocycles. The zero-order valence-electron chi connectivity index (χ0n) is 11.0. The maximum absolute atomic E-state index is 11.9. The topological polar surface area (TPSA) is 83.5 Å². The zero-order chi connectivity index (χ0) is 14.6. The number of hydrogen-bond donors (Lipinski definition) is 2. The maximum Gasteiger partial charge on any atom is 0.316 e. The highest BCUT2D eigenvalue weighted by atomic mass is 32.2. The molecule has 0 aliphatic carbocycles. The van der Waals surface area contributed by atoms with Crippen molar-refractivity contribution in [3.63, 3.8) is 0 Å². The minimum absolute atomic E-state index is 0.175. The van der Waals surface area contributed by atoms with Gasteiger partial charge in [-0.1, -0.05) is 0 Å². The van der Waals surface area contributed by atoms with Crippen LogP contribution in [0.5, 0.6) is 0 Å². The van der Waals surface area contributed by atoms with Crippen LogP contribution in [0.15, 0.2) is 34.1 Å². The summed E-state index contributed by atoms with van der Waals surface area (Å²) in [7, 11) is -3.50. The van der Waals surface area contributed by atoms with Gasteiger partial charge in [-0.05, 0) is 45.0 Å². The zero-order valence-corrected chi connectivity index (χ0v) is 12.6. The van der Waals surface area contributed by atoms with E-state index >= 15 is 0 Å². The lowest BCUT2D eigenvalue weighted by Gasteiger charge is -2.10. The Morgan fingerprint density at radius 3 is 2.16 bits per heavy atom. The minimum atomic E-state index is -3.50. The lowest BCUT2D eigenvalue weighted by Crippen LogP contribution is -2.30. The van der Waals surface area contributed by atoms with Crippen molar-refractivity contribution in [3.05, 3.63) is 24.3 Å². The van der Waals surface area contributed by atoms with Gasteiger partial charge in [0.2, 0.25) is 10.0 Å². The molecule has 0 aliphatic heterocycles. The average molecular weight is 303 g/mol. The molecule has 5 nitrogen and oxygen atoms in total. The van der Waals surface area contributed by atoms with Crippen molar-refractivity contribution < 1.29 is 18.3 Å². The van der Waals surface area contributed by atoms with Crippen LogP contribution in [0.2, 0.25) is 0 Å². The first-order valence-corrected chi connectivity index (χ1v) is 8.10. The minimum Gasteiger partial charge on any atom is -0.480 e. The molecule has 0 bridgehead atoms. The van der Waals surface area contributed by atoms with Gasteiger partial charge in [0.05, 0.1) is 4.90 Å². The van der Waals surface area contributed by atoms with Gasteiger partial charge in [-0.25, -0.2) is 13.1 Å². The standard InChI is InChI=1S/C12H17NO4S2/c1-8(2)13-19(16,17)11-6-4-10(5-7-11)18-9(3)12(14)15/h4-9,13H,1-3H3,(H,14,15). The van der Waals surface area contributed by atoms with Crippen molar-refractivity contribution in [1.29, 1.82) is 0 Å². The molecule has 0 radical (unpaired) electrons. The van der Waals surface area contributed by atoms with Gasteiger partial charge in [-0.15, -0.1) is 11.8 Å². The number of rotatable bonds is 6. The molecule has 0 aliphatic rings. The van der Waals surface area contributed by atoms with Gasteiger partial charge in [0.15, 0.2) is 0 Å². The fourth-order valence-corrected chi connectivity index (χ4v) is 3.38. The third-order valence-corrected chi connectivity index (χ3v) is 4.96. The quantitative estimate of drug-likeness (QED) is 0.785. The van der Waals surface area contributed by atoms with Crippen molar-refractivity contribution in [3.8, 4) is 0 Å². The van der Waals surface area contributed by atoms with Crippen LogP contribution < -0.4 is 4.72 Å². The number of hydrogen-bond acceptors (Lipinski definition) is 4. The molecule has 0 saturated heterocycles. The largest absolute Gasteiger partial charge is 0.480 e. The Hall–Kier alpha value is -1.05. The van der Waals surface area contributed by atoms with Crippen LogP contribution >= 0.6 is 11.8 Å². The van der Waals surface area contributed by atoms with E-state index in [1.807, 2.05) is 0 Å². The van der Waals surface area contributed by atoms with Crippen LogP contribution in [0, 0.1) is 0 Å². The molecule has 0 heterocycles. The summed E-state index contributed by atoms with van der Waals surface area (Å²) in [5.41, 5.74) is 0. The molecule has 0 fully saturated rings. The van der Waals surface area contributed by atoms with Crippen molar-refractivity contribution in [2.24, 2.45) is 0 Å². The van der Waals surface area contributed by atoms with E-state index in [4.69, 9.17) is 5.11 Å². The van der Waals surface area contributed by atoms with Crippen LogP contribution in [0.25, 0.3) is 0 Å². The molecule has 0 spiro atoms. The van der Waals surface area contributed by atoms with E-state index in [1.165, 1.54) is 23.9 Å². The first-order chi connectivity index (χ1) is 8.72. The number of carboxylic acid groups (broad SMARTS) is 1. The third kappa shape index (κ3) is 4.85. The van der Waals surface area contributed by atoms with Crippen LogP contribution in [-0.2, 0) is 14.8 Å². The van der Waals surface area contributed by atoms with Crippen molar-refractivity contribution >= 4 is 27.8 Å². The summed E-state index contributed by atoms with van der Waals surface area (Å²) in [6.45, 7) is 5.07. The third-order valence-electron chi connectivity index (χ3n) is 2.19. The monoisotopic (exact) mass is 303 g/mol. The van der Waals surface area contributed by atoms with Gasteiger partial charge in [0.25, 0.3) is 0 Å². The van der Waals surface area contributed by atoms with E-state index in [9.17, 15) is 13.2 Å². The van der Waals surface area contributed by atoms with Gasteiger partial charge >= 0.3 is 5.97 Å². The maximum atomic E-state index is 11.9. The Balaban J connectivity index is 2.85. The smallest absolute Gasteiger partial charge is 0.316 e. The van der Waals surface area contributed by atoms with Crippen LogP contribution in [0.4, 0.5) is 0 Å². The predicted octanol–water partition coefficient (Wildman–Crippen LogP) is 1.94. The summed E-state index contributed by atoms with van der Waals surface area (Å²) < 4.78 is 26.2. The van der Waals surface area contributed by atoms with Crippen molar-refractivity contribution in [2.45, 2.75) is 41.9 Å². The number of carbonyl (C=O) groups is 1. The van der Waals surface area contributed by atoms with Gasteiger partial charge in [0, 0.05) is 10.9 Å². The summed E-state index contributed by atoms with van der Waals surface area (Å²) in [5.74, 6) is -0.900. The molecule has 0 saturated carbocycles. The van der Waals surface area contributed by atoms with Gasteiger partial charge in [0.1, 0.15) is 5.25 Å². The number of nitrogens with one attached hydrogen (secondary N) is 1. The van der Waals surface area contributed by atoms with Gasteiger partial charge < -0.3 is 5.11 Å². The highest BCUT2D eigenvalue weighted by Crippen LogP contribution is 2.24. The molecular formula is C12H17NO4S2. The van der Waals surface area contributed by atoms with E-state index in [0.717, 1.165) is 4.90 Å². The fourth-order valence-electron chi connectivity index (χ4n) is 1.33. The van der Waals surface area contributed by atoms with E-state index in [1.54, 1.807) is 32.9 Å². The SMILES string of the molecule is CC(C)NS(=O)(=O)c1ccc(SC(C)C(=O)O)cc1. The molecule has 0 aromatic heterocycles. The summed E-state index contributed by atoms with van der Waals surface area (Å²) in [6.07, 6.45) is 0. The van der Waals surface area contributed by atoms with E-state index in [0.29, 0.717) is 0 Å². The number of thioether (sulfide) groups is 1. The average Bonchev–Trinajstić information content (AvgIpc) is 2.27. The van der Waals surface area contributed by atoms with E-state index < -0.39 is 21.2 Å². The first kappa shape index (κ1) is 16.0. The lowest BCUT2D eigenvalue weighted by atomic mass is 10.4. The highest BCUT2D eigenvalue weighted by molar-refractivity contribution is 8.00. The Labute approximate surface area is 117 Å². The van der Waals surface area contributed by atoms with Crippen LogP contribution in [0.3, 0.4) is 0 Å². The lowest BCUT2D eigenvalue weighted by molar-refractivity contribution is -0.136. The van der Waals surface area contributed by atoms with Crippen LogP contribution in [-0.4, -0.2) is 30.8 Å².